The van der Waals surface area contributed by atoms with Gasteiger partial charge in [-0.25, -0.2) is 8.78 Å². The molecule has 5 heteroatoms. The first-order valence-corrected chi connectivity index (χ1v) is 4.90. The lowest BCUT2D eigenvalue weighted by molar-refractivity contribution is -0.128. The summed E-state index contributed by atoms with van der Waals surface area (Å²) in [6.07, 6.45) is 0.239. The Hall–Kier alpha value is -1.65. The SMILES string of the molecule is CN(C)C(=O)CCNc1cccc(F)c1F. The zero-order valence-electron chi connectivity index (χ0n) is 9.26. The van der Waals surface area contributed by atoms with E-state index in [0.29, 0.717) is 0 Å². The van der Waals surface area contributed by atoms with Gasteiger partial charge in [-0.3, -0.25) is 4.79 Å². The number of nitrogens with one attached hydrogen (secondary N) is 1. The molecule has 88 valence electrons. The van der Waals surface area contributed by atoms with Crippen LogP contribution in [0.5, 0.6) is 0 Å². The predicted octanol–water partition coefficient (Wildman–Crippen LogP) is 1.85. The fourth-order valence-electron chi connectivity index (χ4n) is 1.17. The summed E-state index contributed by atoms with van der Waals surface area (Å²) in [5.74, 6) is -1.88. The molecule has 0 radical (unpaired) electrons. The Labute approximate surface area is 93.1 Å². The fraction of sp³-hybridized carbons (Fsp3) is 0.364. The van der Waals surface area contributed by atoms with Gasteiger partial charge in [0, 0.05) is 27.1 Å². The number of nitrogens with zero attached hydrogens (tertiary/aromatic N) is 1. The monoisotopic (exact) mass is 228 g/mol. The van der Waals surface area contributed by atoms with Gasteiger partial charge in [-0.2, -0.15) is 0 Å². The minimum absolute atomic E-state index is 0.0655. The number of halogens is 2. The van der Waals surface area contributed by atoms with Gasteiger partial charge in [0.2, 0.25) is 5.91 Å². The third-order valence-electron chi connectivity index (χ3n) is 2.10. The molecule has 1 N–H and O–H groups in total. The average molecular weight is 228 g/mol. The van der Waals surface area contributed by atoms with Gasteiger partial charge in [0.15, 0.2) is 11.6 Å². The summed E-state index contributed by atoms with van der Waals surface area (Å²) in [4.78, 5) is 12.7. The van der Waals surface area contributed by atoms with Crippen molar-refractivity contribution in [2.24, 2.45) is 0 Å². The Morgan fingerprint density at radius 1 is 1.38 bits per heavy atom. The molecule has 0 atom stereocenters. The van der Waals surface area contributed by atoms with Gasteiger partial charge >= 0.3 is 0 Å². The number of benzene rings is 1. The lowest BCUT2D eigenvalue weighted by atomic mass is 10.3. The minimum atomic E-state index is -0.917. The molecule has 0 bridgehead atoms. The number of anilines is 1. The molecule has 0 aliphatic heterocycles. The summed E-state index contributed by atoms with van der Waals surface area (Å²) < 4.78 is 26.0. The second-order valence-electron chi connectivity index (χ2n) is 3.57. The number of hydrogen-bond acceptors (Lipinski definition) is 2. The summed E-state index contributed by atoms with van der Waals surface area (Å²) in [6, 6.07) is 3.89. The van der Waals surface area contributed by atoms with Crippen LogP contribution in [0.1, 0.15) is 6.42 Å². The van der Waals surface area contributed by atoms with Crippen molar-refractivity contribution in [3.05, 3.63) is 29.8 Å². The van der Waals surface area contributed by atoms with Crippen molar-refractivity contribution < 1.29 is 13.6 Å². The number of rotatable bonds is 4. The highest BCUT2D eigenvalue weighted by molar-refractivity contribution is 5.76. The van der Waals surface area contributed by atoms with Gasteiger partial charge in [0.05, 0.1) is 5.69 Å². The van der Waals surface area contributed by atoms with Crippen molar-refractivity contribution in [2.75, 3.05) is 26.0 Å². The summed E-state index contributed by atoms with van der Waals surface area (Å²) in [6.45, 7) is 0.275. The highest BCUT2D eigenvalue weighted by Crippen LogP contribution is 2.16. The fourth-order valence-corrected chi connectivity index (χ4v) is 1.17. The van der Waals surface area contributed by atoms with E-state index in [1.807, 2.05) is 0 Å². The van der Waals surface area contributed by atoms with E-state index in [-0.39, 0.29) is 24.6 Å². The van der Waals surface area contributed by atoms with E-state index in [4.69, 9.17) is 0 Å². The molecule has 0 saturated carbocycles. The van der Waals surface area contributed by atoms with E-state index in [0.717, 1.165) is 6.07 Å². The van der Waals surface area contributed by atoms with Crippen LogP contribution >= 0.6 is 0 Å². The summed E-state index contributed by atoms with van der Waals surface area (Å²) in [5.41, 5.74) is 0.0755. The van der Waals surface area contributed by atoms with Crippen LogP contribution in [-0.2, 0) is 4.79 Å². The molecule has 16 heavy (non-hydrogen) atoms. The Morgan fingerprint density at radius 2 is 2.06 bits per heavy atom. The second-order valence-corrected chi connectivity index (χ2v) is 3.57. The van der Waals surface area contributed by atoms with Gasteiger partial charge in [-0.05, 0) is 12.1 Å². The standard InChI is InChI=1S/C11H14F2N2O/c1-15(2)10(16)6-7-14-9-5-3-4-8(12)11(9)13/h3-5,14H,6-7H2,1-2H3. The number of amides is 1. The number of carbonyl (C=O) groups excluding carboxylic acids is 1. The van der Waals surface area contributed by atoms with Crippen LogP contribution < -0.4 is 5.32 Å². The van der Waals surface area contributed by atoms with Gasteiger partial charge in [0.25, 0.3) is 0 Å². The second kappa shape index (κ2) is 5.44. The van der Waals surface area contributed by atoms with Crippen LogP contribution in [0.4, 0.5) is 14.5 Å². The van der Waals surface area contributed by atoms with Crippen LogP contribution in [0.15, 0.2) is 18.2 Å². The molecular weight excluding hydrogens is 214 g/mol. The maximum Gasteiger partial charge on any atom is 0.223 e. The smallest absolute Gasteiger partial charge is 0.223 e. The summed E-state index contributed by atoms with van der Waals surface area (Å²) >= 11 is 0. The molecule has 0 fully saturated rings. The predicted molar refractivity (Wildman–Crippen MR) is 58.2 cm³/mol. The topological polar surface area (TPSA) is 32.3 Å². The number of carbonyl (C=O) groups is 1. The van der Waals surface area contributed by atoms with E-state index < -0.39 is 11.6 Å². The van der Waals surface area contributed by atoms with Crippen LogP contribution in [0.25, 0.3) is 0 Å². The molecule has 0 aromatic heterocycles. The molecule has 0 unspecified atom stereocenters. The molecule has 1 aromatic rings. The molecule has 0 aliphatic carbocycles. The van der Waals surface area contributed by atoms with Crippen LogP contribution in [0, 0.1) is 11.6 Å². The van der Waals surface area contributed by atoms with Gasteiger partial charge < -0.3 is 10.2 Å². The van der Waals surface area contributed by atoms with Gasteiger partial charge in [-0.15, -0.1) is 0 Å². The van der Waals surface area contributed by atoms with Crippen LogP contribution in [0.3, 0.4) is 0 Å². The van der Waals surface area contributed by atoms with E-state index in [1.54, 1.807) is 14.1 Å². The first-order valence-electron chi connectivity index (χ1n) is 4.90. The molecule has 1 amide bonds. The zero-order chi connectivity index (χ0) is 12.1. The Bertz CT molecular complexity index is 380. The zero-order valence-corrected chi connectivity index (χ0v) is 9.26. The molecule has 3 nitrogen and oxygen atoms in total. The molecule has 0 saturated heterocycles. The first kappa shape index (κ1) is 12.4. The first-order chi connectivity index (χ1) is 7.52. The van der Waals surface area contributed by atoms with Gasteiger partial charge in [-0.1, -0.05) is 6.07 Å². The van der Waals surface area contributed by atoms with E-state index in [1.165, 1.54) is 17.0 Å². The normalized spacial score (nSPS) is 10.0. The summed E-state index contributed by atoms with van der Waals surface area (Å²) in [5, 5.41) is 2.68. The highest BCUT2D eigenvalue weighted by Gasteiger charge is 2.08. The van der Waals surface area contributed by atoms with Crippen molar-refractivity contribution in [2.45, 2.75) is 6.42 Å². The maximum absolute atomic E-state index is 13.2. The van der Waals surface area contributed by atoms with E-state index in [2.05, 4.69) is 5.32 Å². The molecule has 1 aromatic carbocycles. The summed E-state index contributed by atoms with van der Waals surface area (Å²) in [7, 11) is 3.29. The van der Waals surface area contributed by atoms with Crippen LogP contribution in [-0.4, -0.2) is 31.4 Å². The Kier molecular flexibility index (Phi) is 4.22. The minimum Gasteiger partial charge on any atom is -0.382 e. The van der Waals surface area contributed by atoms with E-state index >= 15 is 0 Å². The van der Waals surface area contributed by atoms with Crippen molar-refractivity contribution in [1.29, 1.82) is 0 Å². The van der Waals surface area contributed by atoms with Crippen molar-refractivity contribution in [3.8, 4) is 0 Å². The third kappa shape index (κ3) is 3.18. The van der Waals surface area contributed by atoms with Crippen molar-refractivity contribution in [1.82, 2.24) is 4.90 Å². The van der Waals surface area contributed by atoms with Crippen LogP contribution in [0.2, 0.25) is 0 Å². The largest absolute Gasteiger partial charge is 0.382 e. The molecule has 0 spiro atoms. The Morgan fingerprint density at radius 3 is 2.69 bits per heavy atom. The van der Waals surface area contributed by atoms with Gasteiger partial charge in [0.1, 0.15) is 0 Å². The average Bonchev–Trinajstić information content (AvgIpc) is 2.24. The maximum atomic E-state index is 13.2. The lowest BCUT2D eigenvalue weighted by Gasteiger charge is -2.11. The van der Waals surface area contributed by atoms with Crippen molar-refractivity contribution >= 4 is 11.6 Å². The van der Waals surface area contributed by atoms with E-state index in [9.17, 15) is 13.6 Å². The highest BCUT2D eigenvalue weighted by atomic mass is 19.2. The molecule has 0 aliphatic rings. The molecule has 1 rings (SSSR count). The molecule has 0 heterocycles. The third-order valence-corrected chi connectivity index (χ3v) is 2.10. The Balaban J connectivity index is 2.49. The quantitative estimate of drug-likeness (QED) is 0.853. The van der Waals surface area contributed by atoms with Crippen molar-refractivity contribution in [3.63, 3.8) is 0 Å². The molecular formula is C11H14F2N2O. The lowest BCUT2D eigenvalue weighted by Crippen LogP contribution is -2.24. The number of hydrogen-bond donors (Lipinski definition) is 1.